The lowest BCUT2D eigenvalue weighted by Gasteiger charge is -2.10. The van der Waals surface area contributed by atoms with Crippen molar-refractivity contribution in [2.75, 3.05) is 18.0 Å². The molecule has 1 fully saturated rings. The van der Waals surface area contributed by atoms with Crippen LogP contribution < -0.4 is 11.1 Å². The third-order valence-corrected chi connectivity index (χ3v) is 4.54. The molecule has 1 amide bonds. The number of thioether (sulfide) groups is 1. The van der Waals surface area contributed by atoms with Gasteiger partial charge in [0.25, 0.3) is 0 Å². The molecule has 0 aliphatic carbocycles. The summed E-state index contributed by atoms with van der Waals surface area (Å²) in [6.45, 7) is 0.820. The standard InChI is InChI=1S/C14H20N2OS/c15-12-4-1-3-11(9-12)6-7-14(17)16-10-13-5-2-8-18-13/h1,3-4,9,13H,2,5-8,10,15H2,(H,16,17). The first-order valence-electron chi connectivity index (χ1n) is 6.47. The fourth-order valence-electron chi connectivity index (χ4n) is 2.13. The van der Waals surface area contributed by atoms with Crippen LogP contribution >= 0.6 is 11.8 Å². The number of anilines is 1. The molecule has 3 nitrogen and oxygen atoms in total. The average Bonchev–Trinajstić information content (AvgIpc) is 2.87. The van der Waals surface area contributed by atoms with Crippen LogP contribution in [-0.2, 0) is 11.2 Å². The third-order valence-electron chi connectivity index (χ3n) is 3.14. The summed E-state index contributed by atoms with van der Waals surface area (Å²) in [7, 11) is 0. The molecule has 1 aromatic rings. The maximum absolute atomic E-state index is 11.7. The first kappa shape index (κ1) is 13.3. The Morgan fingerprint density at radius 3 is 3.11 bits per heavy atom. The largest absolute Gasteiger partial charge is 0.399 e. The number of rotatable bonds is 5. The fraction of sp³-hybridized carbons (Fsp3) is 0.500. The number of benzene rings is 1. The molecular formula is C14H20N2OS. The first-order valence-corrected chi connectivity index (χ1v) is 7.51. The van der Waals surface area contributed by atoms with Gasteiger partial charge in [0, 0.05) is 23.9 Å². The van der Waals surface area contributed by atoms with Gasteiger partial charge in [0.2, 0.25) is 5.91 Å². The molecule has 1 aliphatic heterocycles. The summed E-state index contributed by atoms with van der Waals surface area (Å²) in [5, 5.41) is 3.64. The lowest BCUT2D eigenvalue weighted by atomic mass is 10.1. The molecule has 1 atom stereocenters. The highest BCUT2D eigenvalue weighted by Crippen LogP contribution is 2.25. The van der Waals surface area contributed by atoms with Gasteiger partial charge in [-0.25, -0.2) is 0 Å². The van der Waals surface area contributed by atoms with Crippen molar-refractivity contribution in [3.05, 3.63) is 29.8 Å². The van der Waals surface area contributed by atoms with Gasteiger partial charge in [-0.1, -0.05) is 12.1 Å². The van der Waals surface area contributed by atoms with Gasteiger partial charge in [0.15, 0.2) is 0 Å². The van der Waals surface area contributed by atoms with Crippen LogP contribution in [0.15, 0.2) is 24.3 Å². The van der Waals surface area contributed by atoms with E-state index in [9.17, 15) is 4.79 Å². The molecule has 0 radical (unpaired) electrons. The molecule has 18 heavy (non-hydrogen) atoms. The molecule has 0 bridgehead atoms. The molecule has 98 valence electrons. The van der Waals surface area contributed by atoms with E-state index in [1.807, 2.05) is 36.0 Å². The summed E-state index contributed by atoms with van der Waals surface area (Å²) in [4.78, 5) is 11.7. The van der Waals surface area contributed by atoms with Crippen LogP contribution in [0, 0.1) is 0 Å². The smallest absolute Gasteiger partial charge is 0.220 e. The quantitative estimate of drug-likeness (QED) is 0.802. The molecule has 1 aromatic carbocycles. The van der Waals surface area contributed by atoms with Crippen molar-refractivity contribution in [1.29, 1.82) is 0 Å². The van der Waals surface area contributed by atoms with E-state index in [0.717, 1.165) is 24.2 Å². The normalized spacial score (nSPS) is 18.8. The summed E-state index contributed by atoms with van der Waals surface area (Å²) < 4.78 is 0. The van der Waals surface area contributed by atoms with E-state index in [4.69, 9.17) is 5.73 Å². The van der Waals surface area contributed by atoms with Crippen molar-refractivity contribution in [3.63, 3.8) is 0 Å². The van der Waals surface area contributed by atoms with E-state index in [2.05, 4.69) is 5.32 Å². The van der Waals surface area contributed by atoms with E-state index >= 15 is 0 Å². The Bertz CT molecular complexity index is 403. The SMILES string of the molecule is Nc1cccc(CCC(=O)NCC2CCCS2)c1. The zero-order valence-electron chi connectivity index (χ0n) is 10.5. The predicted molar refractivity (Wildman–Crippen MR) is 77.7 cm³/mol. The minimum Gasteiger partial charge on any atom is -0.399 e. The van der Waals surface area contributed by atoms with E-state index in [0.29, 0.717) is 11.7 Å². The second-order valence-electron chi connectivity index (χ2n) is 4.68. The Morgan fingerprint density at radius 1 is 1.50 bits per heavy atom. The molecule has 1 unspecified atom stereocenters. The second-order valence-corrected chi connectivity index (χ2v) is 6.09. The molecule has 4 heteroatoms. The lowest BCUT2D eigenvalue weighted by molar-refractivity contribution is -0.121. The Labute approximate surface area is 113 Å². The van der Waals surface area contributed by atoms with Gasteiger partial charge in [-0.05, 0) is 42.7 Å². The van der Waals surface area contributed by atoms with E-state index in [1.54, 1.807) is 0 Å². The number of aryl methyl sites for hydroxylation is 1. The monoisotopic (exact) mass is 264 g/mol. The molecule has 3 N–H and O–H groups in total. The van der Waals surface area contributed by atoms with E-state index in [-0.39, 0.29) is 5.91 Å². The van der Waals surface area contributed by atoms with Gasteiger partial charge in [-0.15, -0.1) is 0 Å². The molecule has 2 rings (SSSR count). The van der Waals surface area contributed by atoms with Gasteiger partial charge < -0.3 is 11.1 Å². The maximum Gasteiger partial charge on any atom is 0.220 e. The van der Waals surface area contributed by atoms with Crippen molar-refractivity contribution in [2.45, 2.75) is 30.9 Å². The molecular weight excluding hydrogens is 244 g/mol. The highest BCUT2D eigenvalue weighted by Gasteiger charge is 2.15. The number of carbonyl (C=O) groups excluding carboxylic acids is 1. The van der Waals surface area contributed by atoms with Gasteiger partial charge in [0.1, 0.15) is 0 Å². The van der Waals surface area contributed by atoms with Crippen LogP contribution in [0.25, 0.3) is 0 Å². The van der Waals surface area contributed by atoms with Gasteiger partial charge in [0.05, 0.1) is 0 Å². The molecule has 0 aromatic heterocycles. The minimum atomic E-state index is 0.143. The molecule has 1 heterocycles. The van der Waals surface area contributed by atoms with E-state index in [1.165, 1.54) is 18.6 Å². The van der Waals surface area contributed by atoms with Crippen molar-refractivity contribution < 1.29 is 4.79 Å². The van der Waals surface area contributed by atoms with Crippen molar-refractivity contribution in [1.82, 2.24) is 5.32 Å². The summed E-state index contributed by atoms with van der Waals surface area (Å²) in [5.41, 5.74) is 7.59. The molecule has 0 spiro atoms. The average molecular weight is 264 g/mol. The van der Waals surface area contributed by atoms with Gasteiger partial charge >= 0.3 is 0 Å². The Morgan fingerprint density at radius 2 is 2.39 bits per heavy atom. The van der Waals surface area contributed by atoms with Crippen molar-refractivity contribution in [3.8, 4) is 0 Å². The van der Waals surface area contributed by atoms with Crippen LogP contribution in [-0.4, -0.2) is 23.5 Å². The molecule has 1 saturated heterocycles. The van der Waals surface area contributed by atoms with Crippen molar-refractivity contribution in [2.24, 2.45) is 0 Å². The topological polar surface area (TPSA) is 55.1 Å². The molecule has 1 aliphatic rings. The zero-order chi connectivity index (χ0) is 12.8. The number of nitrogen functional groups attached to an aromatic ring is 1. The van der Waals surface area contributed by atoms with Gasteiger partial charge in [-0.2, -0.15) is 11.8 Å². The zero-order valence-corrected chi connectivity index (χ0v) is 11.3. The van der Waals surface area contributed by atoms with Crippen LogP contribution in [0.3, 0.4) is 0 Å². The van der Waals surface area contributed by atoms with E-state index < -0.39 is 0 Å². The fourth-order valence-corrected chi connectivity index (χ4v) is 3.33. The summed E-state index contributed by atoms with van der Waals surface area (Å²) in [6.07, 6.45) is 3.82. The minimum absolute atomic E-state index is 0.143. The van der Waals surface area contributed by atoms with Crippen LogP contribution in [0.4, 0.5) is 5.69 Å². The van der Waals surface area contributed by atoms with Crippen molar-refractivity contribution >= 4 is 23.4 Å². The van der Waals surface area contributed by atoms with Crippen LogP contribution in [0.1, 0.15) is 24.8 Å². The Balaban J connectivity index is 1.68. The second kappa shape index (κ2) is 6.69. The maximum atomic E-state index is 11.7. The van der Waals surface area contributed by atoms with Crippen LogP contribution in [0.5, 0.6) is 0 Å². The number of hydrogen-bond acceptors (Lipinski definition) is 3. The Kier molecular flexibility index (Phi) is 4.93. The summed E-state index contributed by atoms with van der Waals surface area (Å²) in [6, 6.07) is 7.73. The summed E-state index contributed by atoms with van der Waals surface area (Å²) >= 11 is 1.97. The molecule has 0 saturated carbocycles. The number of carbonyl (C=O) groups is 1. The number of amides is 1. The predicted octanol–water partition coefficient (Wildman–Crippen LogP) is 2.21. The Hall–Kier alpha value is -1.16. The van der Waals surface area contributed by atoms with Gasteiger partial charge in [-0.3, -0.25) is 4.79 Å². The highest BCUT2D eigenvalue weighted by atomic mass is 32.2. The number of nitrogens with two attached hydrogens (primary N) is 1. The highest BCUT2D eigenvalue weighted by molar-refractivity contribution is 8.00. The lowest BCUT2D eigenvalue weighted by Crippen LogP contribution is -2.29. The summed E-state index contributed by atoms with van der Waals surface area (Å²) in [5.74, 6) is 1.38. The van der Waals surface area contributed by atoms with Crippen LogP contribution in [0.2, 0.25) is 0 Å². The first-order chi connectivity index (χ1) is 8.74. The third kappa shape index (κ3) is 4.26. The number of nitrogens with one attached hydrogen (secondary N) is 1. The number of hydrogen-bond donors (Lipinski definition) is 2.